The zero-order valence-electron chi connectivity index (χ0n) is 13.3. The van der Waals surface area contributed by atoms with Crippen LogP contribution in [0.4, 0.5) is 4.39 Å². The van der Waals surface area contributed by atoms with Crippen molar-refractivity contribution in [3.05, 3.63) is 34.6 Å². The van der Waals surface area contributed by atoms with Gasteiger partial charge in [-0.3, -0.25) is 0 Å². The van der Waals surface area contributed by atoms with Crippen LogP contribution >= 0.6 is 11.6 Å². The highest BCUT2D eigenvalue weighted by atomic mass is 35.5. The summed E-state index contributed by atoms with van der Waals surface area (Å²) in [4.78, 5) is 2.35. The minimum absolute atomic E-state index is 0.128. The van der Waals surface area contributed by atoms with E-state index in [-0.39, 0.29) is 17.4 Å². The normalized spacial score (nSPS) is 19.7. The maximum Gasteiger partial charge on any atom is 0.123 e. The van der Waals surface area contributed by atoms with Crippen LogP contribution in [0.2, 0.25) is 5.02 Å². The molecule has 1 atom stereocenters. The maximum atomic E-state index is 13.5. The molecule has 1 N–H and O–H groups in total. The van der Waals surface area contributed by atoms with E-state index in [2.05, 4.69) is 24.3 Å². The Labute approximate surface area is 132 Å². The van der Waals surface area contributed by atoms with E-state index >= 15 is 0 Å². The molecule has 1 aromatic rings. The standard InChI is InChI=1S/C17H26ClFN2/c1-20-16(12-13-11-14(19)7-8-15(13)18)17(21(2)3)9-5-4-6-10-17/h7-8,11,16,20H,4-6,9-10,12H2,1-3H3. The first-order valence-electron chi connectivity index (χ1n) is 7.78. The molecule has 0 saturated heterocycles. The minimum Gasteiger partial charge on any atom is -0.315 e. The van der Waals surface area contributed by atoms with Gasteiger partial charge in [0.15, 0.2) is 0 Å². The molecule has 2 rings (SSSR count). The summed E-state index contributed by atoms with van der Waals surface area (Å²) in [6, 6.07) is 4.91. The molecule has 21 heavy (non-hydrogen) atoms. The van der Waals surface area contributed by atoms with E-state index in [0.29, 0.717) is 5.02 Å². The lowest BCUT2D eigenvalue weighted by Gasteiger charge is -2.48. The number of likely N-dealkylation sites (N-methyl/N-ethyl adjacent to an activating group) is 2. The summed E-state index contributed by atoms with van der Waals surface area (Å²) < 4.78 is 13.5. The highest BCUT2D eigenvalue weighted by Gasteiger charge is 2.41. The van der Waals surface area contributed by atoms with Gasteiger partial charge in [0.1, 0.15) is 5.82 Å². The topological polar surface area (TPSA) is 15.3 Å². The second-order valence-electron chi connectivity index (χ2n) is 6.34. The largest absolute Gasteiger partial charge is 0.315 e. The van der Waals surface area contributed by atoms with Gasteiger partial charge in [-0.05, 0) is 64.2 Å². The molecule has 2 nitrogen and oxygen atoms in total. The van der Waals surface area contributed by atoms with Crippen LogP contribution in [0.3, 0.4) is 0 Å². The van der Waals surface area contributed by atoms with Crippen LogP contribution in [0.25, 0.3) is 0 Å². The van der Waals surface area contributed by atoms with E-state index in [1.165, 1.54) is 38.2 Å². The molecule has 1 aromatic carbocycles. The van der Waals surface area contributed by atoms with Crippen LogP contribution in [-0.4, -0.2) is 37.6 Å². The number of halogens is 2. The van der Waals surface area contributed by atoms with Crippen molar-refractivity contribution >= 4 is 11.6 Å². The average Bonchev–Trinajstić information content (AvgIpc) is 2.48. The molecule has 0 bridgehead atoms. The van der Waals surface area contributed by atoms with Crippen LogP contribution in [-0.2, 0) is 6.42 Å². The summed E-state index contributed by atoms with van der Waals surface area (Å²) in [6.45, 7) is 0. The third-order valence-corrected chi connectivity index (χ3v) is 5.41. The summed E-state index contributed by atoms with van der Waals surface area (Å²) in [6.07, 6.45) is 6.94. The van der Waals surface area contributed by atoms with Crippen molar-refractivity contribution in [1.29, 1.82) is 0 Å². The van der Waals surface area contributed by atoms with E-state index in [1.807, 2.05) is 7.05 Å². The third kappa shape index (κ3) is 3.58. The molecule has 1 aliphatic rings. The Hall–Kier alpha value is -0.640. The van der Waals surface area contributed by atoms with Gasteiger partial charge >= 0.3 is 0 Å². The van der Waals surface area contributed by atoms with Crippen LogP contribution in [0.1, 0.15) is 37.7 Å². The lowest BCUT2D eigenvalue weighted by atomic mass is 9.73. The SMILES string of the molecule is CNC(Cc1cc(F)ccc1Cl)C1(N(C)C)CCCCC1. The molecule has 1 fully saturated rings. The van der Waals surface area contributed by atoms with Gasteiger partial charge in [-0.25, -0.2) is 4.39 Å². The van der Waals surface area contributed by atoms with Crippen molar-refractivity contribution in [2.45, 2.75) is 50.1 Å². The second kappa shape index (κ2) is 7.08. The van der Waals surface area contributed by atoms with E-state index in [9.17, 15) is 4.39 Å². The monoisotopic (exact) mass is 312 g/mol. The van der Waals surface area contributed by atoms with Crippen molar-refractivity contribution < 1.29 is 4.39 Å². The van der Waals surface area contributed by atoms with Gasteiger partial charge in [0.25, 0.3) is 0 Å². The molecule has 0 amide bonds. The summed E-state index contributed by atoms with van der Waals surface area (Å²) in [5.74, 6) is -0.216. The van der Waals surface area contributed by atoms with E-state index < -0.39 is 0 Å². The van der Waals surface area contributed by atoms with Crippen molar-refractivity contribution in [2.75, 3.05) is 21.1 Å². The van der Waals surface area contributed by atoms with E-state index in [4.69, 9.17) is 11.6 Å². The molecule has 118 valence electrons. The fourth-order valence-electron chi connectivity index (χ4n) is 3.75. The number of benzene rings is 1. The quantitative estimate of drug-likeness (QED) is 0.888. The second-order valence-corrected chi connectivity index (χ2v) is 6.75. The zero-order chi connectivity index (χ0) is 15.5. The molecular formula is C17H26ClFN2. The smallest absolute Gasteiger partial charge is 0.123 e. The molecule has 0 spiro atoms. The lowest BCUT2D eigenvalue weighted by molar-refractivity contribution is 0.0598. The zero-order valence-corrected chi connectivity index (χ0v) is 14.0. The molecule has 0 aromatic heterocycles. The first-order valence-corrected chi connectivity index (χ1v) is 8.16. The van der Waals surface area contributed by atoms with Gasteiger partial charge in [0.2, 0.25) is 0 Å². The number of nitrogens with zero attached hydrogens (tertiary/aromatic N) is 1. The Morgan fingerprint density at radius 2 is 1.95 bits per heavy atom. The van der Waals surface area contributed by atoms with Crippen molar-refractivity contribution in [3.63, 3.8) is 0 Å². The number of hydrogen-bond donors (Lipinski definition) is 1. The van der Waals surface area contributed by atoms with Crippen molar-refractivity contribution in [1.82, 2.24) is 10.2 Å². The molecule has 1 saturated carbocycles. The highest BCUT2D eigenvalue weighted by molar-refractivity contribution is 6.31. The van der Waals surface area contributed by atoms with E-state index in [1.54, 1.807) is 12.1 Å². The summed E-state index contributed by atoms with van der Waals surface area (Å²) in [7, 11) is 6.31. The summed E-state index contributed by atoms with van der Waals surface area (Å²) in [5.41, 5.74) is 1.02. The number of rotatable bonds is 5. The predicted molar refractivity (Wildman–Crippen MR) is 87.5 cm³/mol. The first kappa shape index (κ1) is 16.7. The summed E-state index contributed by atoms with van der Waals surface area (Å²) >= 11 is 6.25. The molecule has 0 heterocycles. The Bertz CT molecular complexity index is 470. The molecule has 1 unspecified atom stereocenters. The summed E-state index contributed by atoms with van der Waals surface area (Å²) in [5, 5.41) is 4.12. The van der Waals surface area contributed by atoms with Gasteiger partial charge in [0, 0.05) is 16.6 Å². The van der Waals surface area contributed by atoms with E-state index in [0.717, 1.165) is 12.0 Å². The first-order chi connectivity index (χ1) is 9.99. The van der Waals surface area contributed by atoms with Crippen molar-refractivity contribution in [3.8, 4) is 0 Å². The average molecular weight is 313 g/mol. The van der Waals surface area contributed by atoms with Gasteiger partial charge in [0.05, 0.1) is 0 Å². The maximum absolute atomic E-state index is 13.5. The van der Waals surface area contributed by atoms with Gasteiger partial charge in [-0.1, -0.05) is 30.9 Å². The van der Waals surface area contributed by atoms with Gasteiger partial charge in [-0.2, -0.15) is 0 Å². The number of nitrogens with one attached hydrogen (secondary N) is 1. The predicted octanol–water partition coefficient (Wildman–Crippen LogP) is 3.87. The molecule has 4 heteroatoms. The van der Waals surface area contributed by atoms with Crippen LogP contribution < -0.4 is 5.32 Å². The molecular weight excluding hydrogens is 287 g/mol. The Morgan fingerprint density at radius 3 is 2.52 bits per heavy atom. The molecule has 0 aliphatic heterocycles. The Kier molecular flexibility index (Phi) is 5.64. The van der Waals surface area contributed by atoms with Crippen LogP contribution in [0, 0.1) is 5.82 Å². The van der Waals surface area contributed by atoms with Crippen molar-refractivity contribution in [2.24, 2.45) is 0 Å². The minimum atomic E-state index is -0.216. The Morgan fingerprint density at radius 1 is 1.29 bits per heavy atom. The van der Waals surface area contributed by atoms with Gasteiger partial charge < -0.3 is 10.2 Å². The van der Waals surface area contributed by atoms with Gasteiger partial charge in [-0.15, -0.1) is 0 Å². The fraction of sp³-hybridized carbons (Fsp3) is 0.647. The third-order valence-electron chi connectivity index (χ3n) is 5.04. The van der Waals surface area contributed by atoms with Crippen LogP contribution in [0.15, 0.2) is 18.2 Å². The fourth-order valence-corrected chi connectivity index (χ4v) is 3.95. The molecule has 1 aliphatic carbocycles. The Balaban J connectivity index is 2.26. The number of hydrogen-bond acceptors (Lipinski definition) is 2. The highest BCUT2D eigenvalue weighted by Crippen LogP contribution is 2.37. The van der Waals surface area contributed by atoms with Crippen LogP contribution in [0.5, 0.6) is 0 Å². The molecule has 0 radical (unpaired) electrons. The lowest BCUT2D eigenvalue weighted by Crippen LogP contribution is -2.60.